The predicted octanol–water partition coefficient (Wildman–Crippen LogP) is 2.11. The van der Waals surface area contributed by atoms with Gasteiger partial charge in [-0.3, -0.25) is 0 Å². The molecular formula is C17H16FN5O. The third-order valence-electron chi connectivity index (χ3n) is 3.48. The molecule has 24 heavy (non-hydrogen) atoms. The van der Waals surface area contributed by atoms with Crippen LogP contribution >= 0.6 is 0 Å². The van der Waals surface area contributed by atoms with Gasteiger partial charge in [-0.1, -0.05) is 0 Å². The van der Waals surface area contributed by atoms with E-state index in [1.807, 2.05) is 0 Å². The number of nitrogens with zero attached hydrogens (tertiary/aromatic N) is 4. The molecule has 0 aliphatic carbocycles. The first kappa shape index (κ1) is 15.9. The van der Waals surface area contributed by atoms with Gasteiger partial charge >= 0.3 is 0 Å². The first-order valence-corrected chi connectivity index (χ1v) is 7.48. The summed E-state index contributed by atoms with van der Waals surface area (Å²) in [7, 11) is 0. The summed E-state index contributed by atoms with van der Waals surface area (Å²) < 4.78 is 13.7. The molecule has 0 amide bonds. The standard InChI is InChI=1S/C13H12FN3O.C4H4N2/c14-11-5-9(18)1-2-10(11)13-16-7-8-6-15-4-3-12(8)17-13;1-2-5-4-6-3-1/h1-2,5,7,15,18H,3-4,6H2;1-4H. The third-order valence-corrected chi connectivity index (χ3v) is 3.48. The van der Waals surface area contributed by atoms with E-state index in [1.54, 1.807) is 24.7 Å². The van der Waals surface area contributed by atoms with Crippen molar-refractivity contribution < 1.29 is 9.50 Å². The van der Waals surface area contributed by atoms with E-state index in [2.05, 4.69) is 25.3 Å². The first-order valence-electron chi connectivity index (χ1n) is 7.48. The van der Waals surface area contributed by atoms with E-state index in [9.17, 15) is 9.50 Å². The van der Waals surface area contributed by atoms with Crippen LogP contribution < -0.4 is 5.32 Å². The maximum Gasteiger partial charge on any atom is 0.162 e. The fraction of sp³-hybridized carbons (Fsp3) is 0.176. The van der Waals surface area contributed by atoms with E-state index in [4.69, 9.17) is 0 Å². The van der Waals surface area contributed by atoms with Crippen molar-refractivity contribution >= 4 is 0 Å². The number of halogens is 1. The van der Waals surface area contributed by atoms with Crippen LogP contribution in [0.1, 0.15) is 11.3 Å². The highest BCUT2D eigenvalue weighted by molar-refractivity contribution is 5.57. The quantitative estimate of drug-likeness (QED) is 0.713. The summed E-state index contributed by atoms with van der Waals surface area (Å²) in [6.07, 6.45) is 7.43. The third kappa shape index (κ3) is 3.88. The molecule has 0 atom stereocenters. The zero-order valence-corrected chi connectivity index (χ0v) is 12.9. The molecular weight excluding hydrogens is 309 g/mol. The van der Waals surface area contributed by atoms with E-state index >= 15 is 0 Å². The van der Waals surface area contributed by atoms with Crippen molar-refractivity contribution in [2.24, 2.45) is 0 Å². The zero-order chi connectivity index (χ0) is 16.8. The number of hydrogen-bond acceptors (Lipinski definition) is 6. The number of phenols is 1. The summed E-state index contributed by atoms with van der Waals surface area (Å²) in [6.45, 7) is 1.63. The molecule has 2 aromatic heterocycles. The van der Waals surface area contributed by atoms with Crippen molar-refractivity contribution in [2.75, 3.05) is 6.54 Å². The first-order chi connectivity index (χ1) is 11.7. The maximum absolute atomic E-state index is 13.7. The van der Waals surface area contributed by atoms with Gasteiger partial charge in [0.2, 0.25) is 0 Å². The topological polar surface area (TPSA) is 83.8 Å². The fourth-order valence-corrected chi connectivity index (χ4v) is 2.30. The SMILES string of the molecule is Oc1ccc(-c2ncc3c(n2)CCNC3)c(F)c1.c1cncnc1. The lowest BCUT2D eigenvalue weighted by Crippen LogP contribution is -2.25. The number of nitrogens with one attached hydrogen (secondary N) is 1. The number of aromatic nitrogens is 4. The van der Waals surface area contributed by atoms with Crippen molar-refractivity contribution in [3.63, 3.8) is 0 Å². The largest absolute Gasteiger partial charge is 0.508 e. The summed E-state index contributed by atoms with van der Waals surface area (Å²) in [5, 5.41) is 12.4. The predicted molar refractivity (Wildman–Crippen MR) is 86.5 cm³/mol. The van der Waals surface area contributed by atoms with Crippen LogP contribution in [0.3, 0.4) is 0 Å². The zero-order valence-electron chi connectivity index (χ0n) is 12.9. The lowest BCUT2D eigenvalue weighted by molar-refractivity contribution is 0.469. The van der Waals surface area contributed by atoms with Crippen LogP contribution in [0.5, 0.6) is 5.75 Å². The molecule has 0 saturated heterocycles. The minimum Gasteiger partial charge on any atom is -0.508 e. The van der Waals surface area contributed by atoms with Crippen molar-refractivity contribution in [2.45, 2.75) is 13.0 Å². The molecule has 122 valence electrons. The van der Waals surface area contributed by atoms with Gasteiger partial charge in [0.25, 0.3) is 0 Å². The number of aromatic hydroxyl groups is 1. The van der Waals surface area contributed by atoms with Gasteiger partial charge in [-0.25, -0.2) is 24.3 Å². The fourth-order valence-electron chi connectivity index (χ4n) is 2.30. The Morgan fingerprint density at radius 1 is 1.17 bits per heavy atom. The van der Waals surface area contributed by atoms with Crippen LogP contribution in [-0.4, -0.2) is 31.6 Å². The Balaban J connectivity index is 0.000000238. The van der Waals surface area contributed by atoms with E-state index in [-0.39, 0.29) is 5.75 Å². The maximum atomic E-state index is 13.7. The highest BCUT2D eigenvalue weighted by Crippen LogP contribution is 2.24. The second-order valence-corrected chi connectivity index (χ2v) is 5.16. The van der Waals surface area contributed by atoms with Gasteiger partial charge in [0.15, 0.2) is 5.82 Å². The minimum atomic E-state index is -0.510. The number of benzene rings is 1. The van der Waals surface area contributed by atoms with Gasteiger partial charge in [0.05, 0.1) is 11.3 Å². The molecule has 4 rings (SSSR count). The van der Waals surface area contributed by atoms with E-state index in [1.165, 1.54) is 18.5 Å². The minimum absolute atomic E-state index is 0.0987. The Kier molecular flexibility index (Phi) is 5.02. The van der Waals surface area contributed by atoms with Crippen LogP contribution in [0.2, 0.25) is 0 Å². The molecule has 0 fully saturated rings. The van der Waals surface area contributed by atoms with Crippen molar-refractivity contribution in [3.8, 4) is 17.1 Å². The molecule has 0 unspecified atom stereocenters. The Morgan fingerprint density at radius 3 is 2.67 bits per heavy atom. The smallest absolute Gasteiger partial charge is 0.162 e. The lowest BCUT2D eigenvalue weighted by atomic mass is 10.1. The second-order valence-electron chi connectivity index (χ2n) is 5.16. The Bertz CT molecular complexity index is 787. The molecule has 1 aliphatic heterocycles. The summed E-state index contributed by atoms with van der Waals surface area (Å²) >= 11 is 0. The van der Waals surface area contributed by atoms with Gasteiger partial charge < -0.3 is 10.4 Å². The van der Waals surface area contributed by atoms with Crippen LogP contribution in [0.15, 0.2) is 49.2 Å². The van der Waals surface area contributed by atoms with E-state index in [0.29, 0.717) is 11.4 Å². The Hall–Kier alpha value is -2.93. The average molecular weight is 325 g/mol. The summed E-state index contributed by atoms with van der Waals surface area (Å²) in [4.78, 5) is 15.9. The summed E-state index contributed by atoms with van der Waals surface area (Å²) in [5.41, 5.74) is 2.34. The molecule has 0 radical (unpaired) electrons. The lowest BCUT2D eigenvalue weighted by Gasteiger charge is -2.16. The van der Waals surface area contributed by atoms with Gasteiger partial charge in [0, 0.05) is 49.7 Å². The Labute approximate surface area is 138 Å². The summed E-state index contributed by atoms with van der Waals surface area (Å²) in [5.74, 6) is -0.240. The second kappa shape index (κ2) is 7.56. The van der Waals surface area contributed by atoms with Crippen molar-refractivity contribution in [1.29, 1.82) is 0 Å². The van der Waals surface area contributed by atoms with Crippen molar-refractivity contribution in [1.82, 2.24) is 25.3 Å². The molecule has 6 nitrogen and oxygen atoms in total. The monoisotopic (exact) mass is 325 g/mol. The number of fused-ring (bicyclic) bond motifs is 1. The highest BCUT2D eigenvalue weighted by atomic mass is 19.1. The van der Waals surface area contributed by atoms with Crippen LogP contribution in [0.4, 0.5) is 4.39 Å². The molecule has 0 bridgehead atoms. The molecule has 1 aromatic carbocycles. The van der Waals surface area contributed by atoms with Gasteiger partial charge in [0.1, 0.15) is 17.9 Å². The highest BCUT2D eigenvalue weighted by Gasteiger charge is 2.14. The van der Waals surface area contributed by atoms with Gasteiger partial charge in [-0.15, -0.1) is 0 Å². The van der Waals surface area contributed by atoms with Crippen molar-refractivity contribution in [3.05, 3.63) is 66.3 Å². The van der Waals surface area contributed by atoms with Crippen LogP contribution in [0.25, 0.3) is 11.4 Å². The molecule has 7 heteroatoms. The normalized spacial score (nSPS) is 12.7. The molecule has 0 saturated carbocycles. The van der Waals surface area contributed by atoms with Crippen LogP contribution in [0, 0.1) is 5.82 Å². The van der Waals surface area contributed by atoms with Crippen LogP contribution in [-0.2, 0) is 13.0 Å². The molecule has 0 spiro atoms. The average Bonchev–Trinajstić information content (AvgIpc) is 2.63. The van der Waals surface area contributed by atoms with Gasteiger partial charge in [-0.2, -0.15) is 0 Å². The molecule has 1 aliphatic rings. The number of rotatable bonds is 1. The molecule has 3 heterocycles. The molecule has 2 N–H and O–H groups in total. The molecule has 3 aromatic rings. The van der Waals surface area contributed by atoms with E-state index < -0.39 is 5.82 Å². The number of hydrogen-bond donors (Lipinski definition) is 2. The number of phenolic OH excluding ortho intramolecular Hbond substituents is 1. The van der Waals surface area contributed by atoms with E-state index in [0.717, 1.165) is 36.8 Å². The summed E-state index contributed by atoms with van der Waals surface area (Å²) in [6, 6.07) is 5.77. The van der Waals surface area contributed by atoms with Gasteiger partial charge in [-0.05, 0) is 18.2 Å². The Morgan fingerprint density at radius 2 is 2.00 bits per heavy atom.